The van der Waals surface area contributed by atoms with E-state index in [-0.39, 0.29) is 6.61 Å². The molecule has 0 saturated carbocycles. The third-order valence-electron chi connectivity index (χ3n) is 0.907. The van der Waals surface area contributed by atoms with E-state index in [9.17, 15) is 9.59 Å². The number of hydrogen-bond acceptors (Lipinski definition) is 3. The van der Waals surface area contributed by atoms with Gasteiger partial charge < -0.3 is 10.5 Å². The van der Waals surface area contributed by atoms with Gasteiger partial charge in [-0.3, -0.25) is 0 Å². The number of rotatable bonds is 2. The van der Waals surface area contributed by atoms with Gasteiger partial charge in [0.25, 0.3) is 0 Å². The van der Waals surface area contributed by atoms with Crippen LogP contribution in [-0.2, 0) is 4.74 Å². The largest absolute Gasteiger partial charge is 0.449 e. The monoisotopic (exact) mass is 173 g/mol. The first kappa shape index (κ1) is 10.3. The summed E-state index contributed by atoms with van der Waals surface area (Å²) in [5.74, 6) is 0. The van der Waals surface area contributed by atoms with E-state index in [4.69, 9.17) is 5.73 Å². The average Bonchev–Trinajstić information content (AvgIpc) is 2.00. The molecule has 0 fully saturated rings. The highest BCUT2D eigenvalue weighted by atomic mass is 16.6. The fourth-order valence-corrected chi connectivity index (χ4v) is 0.452. The number of ether oxygens (including phenoxy) is 1. The van der Waals surface area contributed by atoms with Crippen molar-refractivity contribution in [3.8, 4) is 0 Å². The number of carbonyl (C=O) groups is 2. The van der Waals surface area contributed by atoms with Crippen LogP contribution < -0.4 is 11.2 Å². The molecule has 0 bridgehead atoms. The SMILES string of the molecule is C=CN(NC(=O)OCC)C(N)=O. The van der Waals surface area contributed by atoms with Crippen LogP contribution in [0.3, 0.4) is 0 Å². The highest BCUT2D eigenvalue weighted by molar-refractivity contribution is 5.77. The Morgan fingerprint density at radius 3 is 2.67 bits per heavy atom. The maximum Gasteiger partial charge on any atom is 0.426 e. The van der Waals surface area contributed by atoms with Gasteiger partial charge in [0.2, 0.25) is 0 Å². The first-order valence-electron chi connectivity index (χ1n) is 3.26. The van der Waals surface area contributed by atoms with Crippen LogP contribution in [0.1, 0.15) is 6.92 Å². The minimum atomic E-state index is -0.835. The Kier molecular flexibility index (Phi) is 4.28. The van der Waals surface area contributed by atoms with Crippen molar-refractivity contribution in [3.63, 3.8) is 0 Å². The lowest BCUT2D eigenvalue weighted by Gasteiger charge is -2.15. The molecule has 0 aromatic carbocycles. The minimum absolute atomic E-state index is 0.218. The maximum atomic E-state index is 10.7. The molecule has 68 valence electrons. The van der Waals surface area contributed by atoms with Gasteiger partial charge in [-0.25, -0.2) is 20.0 Å². The van der Waals surface area contributed by atoms with Crippen LogP contribution in [0.2, 0.25) is 0 Å². The molecule has 0 aromatic rings. The zero-order valence-electron chi connectivity index (χ0n) is 6.74. The highest BCUT2D eigenvalue weighted by Gasteiger charge is 2.08. The lowest BCUT2D eigenvalue weighted by Crippen LogP contribution is -2.45. The number of hydrazine groups is 1. The molecule has 0 rings (SSSR count). The van der Waals surface area contributed by atoms with Crippen LogP contribution >= 0.6 is 0 Å². The van der Waals surface area contributed by atoms with E-state index in [1.54, 1.807) is 6.92 Å². The van der Waals surface area contributed by atoms with E-state index in [0.29, 0.717) is 0 Å². The summed E-state index contributed by atoms with van der Waals surface area (Å²) in [6.45, 7) is 5.11. The summed E-state index contributed by atoms with van der Waals surface area (Å²) in [6, 6.07) is -0.835. The minimum Gasteiger partial charge on any atom is -0.449 e. The molecule has 0 atom stereocenters. The zero-order chi connectivity index (χ0) is 9.56. The summed E-state index contributed by atoms with van der Waals surface area (Å²) in [6.07, 6.45) is 0.315. The number of carbonyl (C=O) groups excluding carboxylic acids is 2. The Labute approximate surface area is 69.9 Å². The van der Waals surface area contributed by atoms with Crippen molar-refractivity contribution in [1.82, 2.24) is 10.4 Å². The highest BCUT2D eigenvalue weighted by Crippen LogP contribution is 1.84. The van der Waals surface area contributed by atoms with Gasteiger partial charge in [0, 0.05) is 6.20 Å². The lowest BCUT2D eigenvalue weighted by atomic mass is 10.8. The molecule has 0 saturated heterocycles. The fourth-order valence-electron chi connectivity index (χ4n) is 0.452. The van der Waals surface area contributed by atoms with E-state index in [1.807, 2.05) is 5.43 Å². The number of amides is 3. The van der Waals surface area contributed by atoms with E-state index >= 15 is 0 Å². The predicted octanol–water partition coefficient (Wildman–Crippen LogP) is 0.172. The van der Waals surface area contributed by atoms with Crippen LogP contribution in [-0.4, -0.2) is 23.7 Å². The van der Waals surface area contributed by atoms with E-state index in [1.165, 1.54) is 0 Å². The topological polar surface area (TPSA) is 84.7 Å². The second-order valence-corrected chi connectivity index (χ2v) is 1.72. The first-order chi connectivity index (χ1) is 5.61. The van der Waals surface area contributed by atoms with Gasteiger partial charge in [-0.1, -0.05) is 6.58 Å². The van der Waals surface area contributed by atoms with Gasteiger partial charge in [0.15, 0.2) is 0 Å². The van der Waals surface area contributed by atoms with Crippen molar-refractivity contribution in [2.75, 3.05) is 6.61 Å². The van der Waals surface area contributed by atoms with Crippen LogP contribution in [0.25, 0.3) is 0 Å². The predicted molar refractivity (Wildman–Crippen MR) is 41.8 cm³/mol. The van der Waals surface area contributed by atoms with Crippen LogP contribution in [0.15, 0.2) is 12.8 Å². The summed E-state index contributed by atoms with van der Waals surface area (Å²) < 4.78 is 4.48. The number of hydrogen-bond donors (Lipinski definition) is 2. The normalized spacial score (nSPS) is 8.42. The van der Waals surface area contributed by atoms with Crippen molar-refractivity contribution in [3.05, 3.63) is 12.8 Å². The quantitative estimate of drug-likeness (QED) is 0.584. The summed E-state index contributed by atoms with van der Waals surface area (Å²) in [4.78, 5) is 21.2. The molecule has 3 amide bonds. The average molecular weight is 173 g/mol. The zero-order valence-corrected chi connectivity index (χ0v) is 6.74. The second kappa shape index (κ2) is 5.00. The molecule has 12 heavy (non-hydrogen) atoms. The van der Waals surface area contributed by atoms with Gasteiger partial charge in [0.05, 0.1) is 6.61 Å². The van der Waals surface area contributed by atoms with Crippen molar-refractivity contribution in [2.45, 2.75) is 6.92 Å². The molecule has 0 spiro atoms. The molecule has 3 N–H and O–H groups in total. The van der Waals surface area contributed by atoms with E-state index in [0.717, 1.165) is 11.2 Å². The first-order valence-corrected chi connectivity index (χ1v) is 3.26. The third-order valence-corrected chi connectivity index (χ3v) is 0.907. The summed E-state index contributed by atoms with van der Waals surface area (Å²) in [5.41, 5.74) is 6.88. The Bertz CT molecular complexity index is 192. The molecular weight excluding hydrogens is 162 g/mol. The van der Waals surface area contributed by atoms with Crippen molar-refractivity contribution in [2.24, 2.45) is 5.73 Å². The molecule has 0 aliphatic heterocycles. The van der Waals surface area contributed by atoms with Crippen molar-refractivity contribution in [1.29, 1.82) is 0 Å². The number of nitrogens with two attached hydrogens (primary N) is 1. The van der Waals surface area contributed by atoms with Crippen molar-refractivity contribution < 1.29 is 14.3 Å². The number of nitrogens with zero attached hydrogens (tertiary/aromatic N) is 1. The van der Waals surface area contributed by atoms with E-state index in [2.05, 4.69) is 11.3 Å². The smallest absolute Gasteiger partial charge is 0.426 e. The van der Waals surface area contributed by atoms with Crippen LogP contribution in [0.5, 0.6) is 0 Å². The van der Waals surface area contributed by atoms with Gasteiger partial charge in [-0.05, 0) is 6.92 Å². The van der Waals surface area contributed by atoms with Crippen molar-refractivity contribution >= 4 is 12.1 Å². The maximum absolute atomic E-state index is 10.7. The number of urea groups is 1. The van der Waals surface area contributed by atoms with Crippen LogP contribution in [0, 0.1) is 0 Å². The summed E-state index contributed by atoms with van der Waals surface area (Å²) in [7, 11) is 0. The third kappa shape index (κ3) is 3.45. The molecule has 0 aliphatic carbocycles. The molecular formula is C6H11N3O3. The fraction of sp³-hybridized carbons (Fsp3) is 0.333. The molecule has 0 aromatic heterocycles. The van der Waals surface area contributed by atoms with Crippen LogP contribution in [0.4, 0.5) is 9.59 Å². The van der Waals surface area contributed by atoms with E-state index < -0.39 is 12.1 Å². The van der Waals surface area contributed by atoms with Gasteiger partial charge in [-0.2, -0.15) is 0 Å². The molecule has 0 heterocycles. The Morgan fingerprint density at radius 2 is 2.33 bits per heavy atom. The molecule has 6 heteroatoms. The summed E-state index contributed by atoms with van der Waals surface area (Å²) in [5, 5.41) is 0.720. The number of primary amides is 1. The lowest BCUT2D eigenvalue weighted by molar-refractivity contribution is 0.130. The van der Waals surface area contributed by atoms with Gasteiger partial charge in [-0.15, -0.1) is 0 Å². The Balaban J connectivity index is 3.94. The Morgan fingerprint density at radius 1 is 1.75 bits per heavy atom. The molecule has 6 nitrogen and oxygen atoms in total. The molecule has 0 unspecified atom stereocenters. The molecule has 0 radical (unpaired) electrons. The van der Waals surface area contributed by atoms with Gasteiger partial charge in [0.1, 0.15) is 0 Å². The number of nitrogens with one attached hydrogen (secondary N) is 1. The summed E-state index contributed by atoms with van der Waals surface area (Å²) >= 11 is 0. The van der Waals surface area contributed by atoms with Gasteiger partial charge >= 0.3 is 12.1 Å². The Hall–Kier alpha value is -1.72. The standard InChI is InChI=1S/C6H11N3O3/c1-3-9(5(7)10)8-6(11)12-4-2/h3H,1,4H2,2H3,(H2,7,10)(H,8,11). The molecule has 0 aliphatic rings. The second-order valence-electron chi connectivity index (χ2n) is 1.72.